The van der Waals surface area contributed by atoms with Gasteiger partial charge in [0, 0.05) is 25.2 Å². The number of nitrogens with one attached hydrogen (secondary N) is 1. The van der Waals surface area contributed by atoms with Crippen LogP contribution in [-0.4, -0.2) is 59.8 Å². The fraction of sp³-hybridized carbons (Fsp3) is 0.632. The zero-order chi connectivity index (χ0) is 17.4. The third kappa shape index (κ3) is 5.48. The van der Waals surface area contributed by atoms with Crippen LogP contribution in [0.15, 0.2) is 24.3 Å². The van der Waals surface area contributed by atoms with Crippen molar-refractivity contribution in [3.8, 4) is 5.75 Å². The summed E-state index contributed by atoms with van der Waals surface area (Å²) in [4.78, 5) is 14.9. The van der Waals surface area contributed by atoms with E-state index in [1.807, 2.05) is 0 Å². The predicted molar refractivity (Wildman–Crippen MR) is 109 cm³/mol. The van der Waals surface area contributed by atoms with Gasteiger partial charge >= 0.3 is 0 Å². The molecule has 3 fully saturated rings. The van der Waals surface area contributed by atoms with E-state index in [0.717, 1.165) is 37.6 Å². The molecule has 4 atom stereocenters. The third-order valence-corrected chi connectivity index (χ3v) is 5.67. The molecular formula is C19H29Cl2N3O3. The van der Waals surface area contributed by atoms with Gasteiger partial charge in [-0.1, -0.05) is 12.1 Å². The predicted octanol–water partition coefficient (Wildman–Crippen LogP) is 1.47. The summed E-state index contributed by atoms with van der Waals surface area (Å²) in [5, 5.41) is 12.4. The molecule has 152 valence electrons. The van der Waals surface area contributed by atoms with E-state index in [0.29, 0.717) is 18.6 Å². The first-order valence-corrected chi connectivity index (χ1v) is 9.28. The number of fused-ring (bicyclic) bond motifs is 1. The van der Waals surface area contributed by atoms with Crippen molar-refractivity contribution in [2.45, 2.75) is 49.9 Å². The highest BCUT2D eigenvalue weighted by Crippen LogP contribution is 2.37. The fourth-order valence-electron chi connectivity index (χ4n) is 4.04. The maximum atomic E-state index is 12.4. The molecule has 3 aliphatic rings. The van der Waals surface area contributed by atoms with E-state index in [-0.39, 0.29) is 42.5 Å². The van der Waals surface area contributed by atoms with E-state index in [2.05, 4.69) is 10.2 Å². The van der Waals surface area contributed by atoms with E-state index in [1.165, 1.54) is 12.8 Å². The summed E-state index contributed by atoms with van der Waals surface area (Å²) in [6.45, 7) is 2.68. The summed E-state index contributed by atoms with van der Waals surface area (Å²) in [5.41, 5.74) is 7.02. The number of rotatable bonds is 5. The van der Waals surface area contributed by atoms with Crippen molar-refractivity contribution in [3.63, 3.8) is 0 Å². The van der Waals surface area contributed by atoms with Crippen LogP contribution in [0.5, 0.6) is 5.75 Å². The highest BCUT2D eigenvalue weighted by Gasteiger charge is 2.42. The topological polar surface area (TPSA) is 87.8 Å². The van der Waals surface area contributed by atoms with Gasteiger partial charge in [0.05, 0.1) is 18.8 Å². The molecule has 4 rings (SSSR count). The Hall–Kier alpha value is -1.05. The van der Waals surface area contributed by atoms with Gasteiger partial charge in [0.25, 0.3) is 0 Å². The molecule has 27 heavy (non-hydrogen) atoms. The largest absolute Gasteiger partial charge is 0.508 e. The van der Waals surface area contributed by atoms with Crippen LogP contribution in [0.25, 0.3) is 0 Å². The van der Waals surface area contributed by atoms with Crippen molar-refractivity contribution in [2.75, 3.05) is 19.7 Å². The normalized spacial score (nSPS) is 28.4. The van der Waals surface area contributed by atoms with Gasteiger partial charge in [0.15, 0.2) is 0 Å². The lowest BCUT2D eigenvalue weighted by Crippen LogP contribution is -2.48. The summed E-state index contributed by atoms with van der Waals surface area (Å²) >= 11 is 0. The second kappa shape index (κ2) is 9.43. The zero-order valence-electron chi connectivity index (χ0n) is 15.3. The standard InChI is InChI=1S/C19H27N3O3.2ClH/c20-17(7-12-1-5-16(23)6-2-12)19(24)21-14-8-15-11-25-18(13-3-4-13)10-22(15)9-14;;/h1-2,5-6,13-15,17-18,23H,3-4,7-11,20H2,(H,21,24);2*1H/t14-,15-,17-,18+;;/m0../s1. The molecule has 1 saturated carbocycles. The molecule has 4 N–H and O–H groups in total. The highest BCUT2D eigenvalue weighted by molar-refractivity contribution is 5.85. The molecule has 1 aromatic carbocycles. The molecule has 0 aromatic heterocycles. The van der Waals surface area contributed by atoms with Gasteiger partial charge in [-0.15, -0.1) is 24.8 Å². The Kier molecular flexibility index (Phi) is 7.77. The van der Waals surface area contributed by atoms with Crippen LogP contribution in [0, 0.1) is 5.92 Å². The molecule has 1 amide bonds. The number of ether oxygens (including phenoxy) is 1. The number of carbonyl (C=O) groups is 1. The lowest BCUT2D eigenvalue weighted by molar-refractivity contribution is -0.123. The van der Waals surface area contributed by atoms with Gasteiger partial charge in [-0.25, -0.2) is 0 Å². The average molecular weight is 418 g/mol. The second-order valence-corrected chi connectivity index (χ2v) is 7.74. The van der Waals surface area contributed by atoms with Gasteiger partial charge in [0.2, 0.25) is 5.91 Å². The first-order chi connectivity index (χ1) is 12.1. The molecule has 2 aliphatic heterocycles. The molecule has 2 saturated heterocycles. The van der Waals surface area contributed by atoms with Crippen molar-refractivity contribution in [2.24, 2.45) is 11.7 Å². The van der Waals surface area contributed by atoms with Crippen LogP contribution in [0.2, 0.25) is 0 Å². The first-order valence-electron chi connectivity index (χ1n) is 9.28. The van der Waals surface area contributed by atoms with Crippen LogP contribution < -0.4 is 11.1 Å². The molecule has 0 radical (unpaired) electrons. The Morgan fingerprint density at radius 2 is 1.96 bits per heavy atom. The minimum Gasteiger partial charge on any atom is -0.508 e. The number of halogens is 2. The summed E-state index contributed by atoms with van der Waals surface area (Å²) in [7, 11) is 0. The smallest absolute Gasteiger partial charge is 0.237 e. The molecule has 0 bridgehead atoms. The monoisotopic (exact) mass is 417 g/mol. The number of nitrogens with two attached hydrogens (primary N) is 1. The van der Waals surface area contributed by atoms with Crippen molar-refractivity contribution < 1.29 is 14.6 Å². The van der Waals surface area contributed by atoms with E-state index >= 15 is 0 Å². The molecule has 1 aliphatic carbocycles. The Bertz CT molecular complexity index is 627. The second-order valence-electron chi connectivity index (χ2n) is 7.74. The average Bonchev–Trinajstić information content (AvgIpc) is 3.37. The molecule has 0 unspecified atom stereocenters. The number of morpholine rings is 1. The molecule has 1 aromatic rings. The molecule has 6 nitrogen and oxygen atoms in total. The Balaban J connectivity index is 0.00000131. The Labute approximate surface area is 172 Å². The maximum absolute atomic E-state index is 12.4. The number of amides is 1. The van der Waals surface area contributed by atoms with Crippen LogP contribution >= 0.6 is 24.8 Å². The van der Waals surface area contributed by atoms with Gasteiger partial charge in [-0.3, -0.25) is 9.69 Å². The van der Waals surface area contributed by atoms with Gasteiger partial charge in [-0.05, 0) is 49.3 Å². The number of benzene rings is 1. The number of phenols is 1. The van der Waals surface area contributed by atoms with E-state index in [4.69, 9.17) is 10.5 Å². The van der Waals surface area contributed by atoms with Gasteiger partial charge in [-0.2, -0.15) is 0 Å². The molecule has 2 heterocycles. The maximum Gasteiger partial charge on any atom is 0.237 e. The fourth-order valence-corrected chi connectivity index (χ4v) is 4.04. The number of hydrogen-bond acceptors (Lipinski definition) is 5. The van der Waals surface area contributed by atoms with Crippen LogP contribution in [0.4, 0.5) is 0 Å². The van der Waals surface area contributed by atoms with E-state index in [1.54, 1.807) is 24.3 Å². The SMILES string of the molecule is Cl.Cl.N[C@@H](Cc1ccc(O)cc1)C(=O)N[C@H]1C[C@H]2CO[C@@H](C3CC3)CN2C1. The number of hydrogen-bond donors (Lipinski definition) is 3. The number of phenolic OH excluding ortho intramolecular Hbond substituents is 1. The summed E-state index contributed by atoms with van der Waals surface area (Å²) in [6.07, 6.45) is 4.40. The lowest BCUT2D eigenvalue weighted by atomic mass is 10.1. The van der Waals surface area contributed by atoms with Crippen LogP contribution in [0.3, 0.4) is 0 Å². The quantitative estimate of drug-likeness (QED) is 0.674. The molecule has 0 spiro atoms. The lowest BCUT2D eigenvalue weighted by Gasteiger charge is -2.35. The van der Waals surface area contributed by atoms with Crippen molar-refractivity contribution >= 4 is 30.7 Å². The Morgan fingerprint density at radius 1 is 1.26 bits per heavy atom. The summed E-state index contributed by atoms with van der Waals surface area (Å²) in [6, 6.07) is 6.84. The highest BCUT2D eigenvalue weighted by atomic mass is 35.5. The van der Waals surface area contributed by atoms with Crippen LogP contribution in [-0.2, 0) is 16.0 Å². The van der Waals surface area contributed by atoms with Crippen LogP contribution in [0.1, 0.15) is 24.8 Å². The van der Waals surface area contributed by atoms with Crippen molar-refractivity contribution in [3.05, 3.63) is 29.8 Å². The number of nitrogens with zero attached hydrogens (tertiary/aromatic N) is 1. The van der Waals surface area contributed by atoms with Gasteiger partial charge in [0.1, 0.15) is 5.75 Å². The third-order valence-electron chi connectivity index (χ3n) is 5.67. The van der Waals surface area contributed by atoms with Crippen molar-refractivity contribution in [1.82, 2.24) is 10.2 Å². The van der Waals surface area contributed by atoms with Crippen molar-refractivity contribution in [1.29, 1.82) is 0 Å². The molecular weight excluding hydrogens is 389 g/mol. The summed E-state index contributed by atoms with van der Waals surface area (Å²) in [5.74, 6) is 0.877. The molecule has 8 heteroatoms. The zero-order valence-corrected chi connectivity index (χ0v) is 16.9. The van der Waals surface area contributed by atoms with Gasteiger partial charge < -0.3 is 20.9 Å². The number of carbonyl (C=O) groups excluding carboxylic acids is 1. The van der Waals surface area contributed by atoms with E-state index < -0.39 is 6.04 Å². The number of aromatic hydroxyl groups is 1. The minimum atomic E-state index is -0.572. The summed E-state index contributed by atoms with van der Waals surface area (Å²) < 4.78 is 6.01. The minimum absolute atomic E-state index is 0. The first kappa shape index (κ1) is 22.2. The van der Waals surface area contributed by atoms with E-state index in [9.17, 15) is 9.90 Å². The Morgan fingerprint density at radius 3 is 2.63 bits per heavy atom.